The fourth-order valence-corrected chi connectivity index (χ4v) is 6.25. The molecule has 41 heavy (non-hydrogen) atoms. The number of hydrogen-bond donors (Lipinski definition) is 10. The number of aliphatic hydroxyl groups is 4. The van der Waals surface area contributed by atoms with E-state index in [-0.39, 0.29) is 26.0 Å². The van der Waals surface area contributed by atoms with Crippen LogP contribution < -0.4 is 33.2 Å². The SMILES string of the molecule is CN[C@@H]1[C@@H](O)[C@@H](O[C@H]2[C@H](NC(=O)[C@H](O)CCN)C[C@H](N)C([C@H]3OC(CNCC4CC4)=CC[C@H]3N)[C@@H]2O)OC[C@]1(C)O. The maximum absolute atomic E-state index is 12.8. The molecule has 3 fully saturated rings. The van der Waals surface area contributed by atoms with Crippen LogP contribution in [0.4, 0.5) is 0 Å². The van der Waals surface area contributed by atoms with Crippen LogP contribution in [0.5, 0.6) is 0 Å². The lowest BCUT2D eigenvalue weighted by atomic mass is 9.72. The summed E-state index contributed by atoms with van der Waals surface area (Å²) in [4.78, 5) is 12.8. The van der Waals surface area contributed by atoms with Crippen LogP contribution in [0, 0.1) is 11.8 Å². The van der Waals surface area contributed by atoms with Crippen molar-refractivity contribution in [2.24, 2.45) is 29.0 Å². The van der Waals surface area contributed by atoms with Crippen LogP contribution in [0.15, 0.2) is 11.8 Å². The number of likely N-dealkylation sites (N-methyl/N-ethyl adjacent to an activating group) is 1. The average Bonchev–Trinajstić information content (AvgIpc) is 3.73. The lowest BCUT2D eigenvalue weighted by Gasteiger charge is -2.50. The normalized spacial score (nSPS) is 42.2. The van der Waals surface area contributed by atoms with Gasteiger partial charge in [-0.1, -0.05) is 0 Å². The predicted octanol–water partition coefficient (Wildman–Crippen LogP) is -3.67. The highest BCUT2D eigenvalue weighted by atomic mass is 16.7. The van der Waals surface area contributed by atoms with Gasteiger partial charge >= 0.3 is 0 Å². The summed E-state index contributed by atoms with van der Waals surface area (Å²) in [5.74, 6) is 0.0984. The molecule has 2 aliphatic heterocycles. The third-order valence-corrected chi connectivity index (χ3v) is 8.79. The van der Waals surface area contributed by atoms with E-state index >= 15 is 0 Å². The number of amides is 1. The highest BCUT2D eigenvalue weighted by molar-refractivity contribution is 5.80. The van der Waals surface area contributed by atoms with Crippen molar-refractivity contribution in [1.82, 2.24) is 16.0 Å². The molecule has 14 nitrogen and oxygen atoms in total. The molecule has 1 saturated heterocycles. The highest BCUT2D eigenvalue weighted by Crippen LogP contribution is 2.36. The van der Waals surface area contributed by atoms with E-state index in [0.29, 0.717) is 18.9 Å². The maximum Gasteiger partial charge on any atom is 0.249 e. The fraction of sp³-hybridized carbons (Fsp3) is 0.889. The summed E-state index contributed by atoms with van der Waals surface area (Å²) in [6.45, 7) is 2.96. The smallest absolute Gasteiger partial charge is 0.249 e. The minimum atomic E-state index is -1.37. The van der Waals surface area contributed by atoms with Crippen molar-refractivity contribution in [2.45, 2.75) is 106 Å². The van der Waals surface area contributed by atoms with E-state index in [1.54, 1.807) is 7.05 Å². The first-order chi connectivity index (χ1) is 19.5. The molecule has 0 aromatic carbocycles. The molecule has 12 atom stereocenters. The second-order valence-corrected chi connectivity index (χ2v) is 12.3. The summed E-state index contributed by atoms with van der Waals surface area (Å²) < 4.78 is 18.2. The molecule has 1 unspecified atom stereocenters. The van der Waals surface area contributed by atoms with Crippen LogP contribution in [-0.2, 0) is 19.0 Å². The second kappa shape index (κ2) is 13.9. The van der Waals surface area contributed by atoms with Gasteiger partial charge in [-0.25, -0.2) is 0 Å². The number of hydrogen-bond acceptors (Lipinski definition) is 13. The van der Waals surface area contributed by atoms with Crippen molar-refractivity contribution < 1.29 is 39.4 Å². The van der Waals surface area contributed by atoms with Crippen LogP contribution in [0.1, 0.15) is 39.0 Å². The number of carbonyl (C=O) groups is 1. The number of rotatable bonds is 12. The summed E-state index contributed by atoms with van der Waals surface area (Å²) in [5, 5.41) is 52.7. The van der Waals surface area contributed by atoms with Crippen molar-refractivity contribution in [3.63, 3.8) is 0 Å². The van der Waals surface area contributed by atoms with E-state index < -0.39 is 78.4 Å². The minimum Gasteiger partial charge on any atom is -0.492 e. The molecule has 0 bridgehead atoms. The molecular weight excluding hydrogens is 536 g/mol. The number of aliphatic hydroxyl groups excluding tert-OH is 3. The van der Waals surface area contributed by atoms with Gasteiger partial charge in [0.05, 0.1) is 31.3 Å². The van der Waals surface area contributed by atoms with Gasteiger partial charge < -0.3 is 67.8 Å². The zero-order valence-electron chi connectivity index (χ0n) is 24.0. The quantitative estimate of drug-likeness (QED) is 0.106. The minimum absolute atomic E-state index is 0.0549. The van der Waals surface area contributed by atoms with Gasteiger partial charge in [-0.3, -0.25) is 4.79 Å². The van der Waals surface area contributed by atoms with Gasteiger partial charge in [-0.2, -0.15) is 0 Å². The molecule has 2 aliphatic carbocycles. The van der Waals surface area contributed by atoms with Crippen molar-refractivity contribution in [2.75, 3.05) is 33.3 Å². The zero-order valence-corrected chi connectivity index (χ0v) is 24.0. The van der Waals surface area contributed by atoms with Crippen LogP contribution in [0.2, 0.25) is 0 Å². The van der Waals surface area contributed by atoms with Gasteiger partial charge in [0.1, 0.15) is 35.8 Å². The van der Waals surface area contributed by atoms with E-state index in [4.69, 9.17) is 31.4 Å². The lowest BCUT2D eigenvalue weighted by Crippen LogP contribution is -2.69. The first-order valence-corrected chi connectivity index (χ1v) is 14.8. The molecule has 4 aliphatic rings. The largest absolute Gasteiger partial charge is 0.492 e. The Bertz CT molecular complexity index is 907. The summed E-state index contributed by atoms with van der Waals surface area (Å²) in [7, 11) is 1.60. The maximum atomic E-state index is 12.8. The van der Waals surface area contributed by atoms with Gasteiger partial charge in [0.2, 0.25) is 5.91 Å². The lowest BCUT2D eigenvalue weighted by molar-refractivity contribution is -0.297. The van der Waals surface area contributed by atoms with Crippen molar-refractivity contribution in [1.29, 1.82) is 0 Å². The number of nitrogens with two attached hydrogens (primary N) is 3. The van der Waals surface area contributed by atoms with E-state index in [0.717, 1.165) is 12.3 Å². The Morgan fingerprint density at radius 2 is 1.98 bits per heavy atom. The number of ether oxygens (including phenoxy) is 3. The second-order valence-electron chi connectivity index (χ2n) is 12.3. The molecule has 2 saturated carbocycles. The van der Waals surface area contributed by atoms with E-state index in [9.17, 15) is 25.2 Å². The molecule has 4 rings (SSSR count). The molecule has 2 heterocycles. The Morgan fingerprint density at radius 1 is 1.24 bits per heavy atom. The first-order valence-electron chi connectivity index (χ1n) is 14.8. The Kier molecular flexibility index (Phi) is 11.0. The molecule has 13 N–H and O–H groups in total. The zero-order chi connectivity index (χ0) is 29.9. The first kappa shape index (κ1) is 32.5. The van der Waals surface area contributed by atoms with E-state index in [1.165, 1.54) is 19.8 Å². The van der Waals surface area contributed by atoms with Gasteiger partial charge in [0.25, 0.3) is 0 Å². The average molecular weight is 587 g/mol. The monoisotopic (exact) mass is 586 g/mol. The Balaban J connectivity index is 1.52. The molecule has 0 spiro atoms. The van der Waals surface area contributed by atoms with Crippen molar-refractivity contribution in [3.05, 3.63) is 11.8 Å². The molecular formula is C27H50N6O8. The van der Waals surface area contributed by atoms with Crippen molar-refractivity contribution in [3.8, 4) is 0 Å². The van der Waals surface area contributed by atoms with Gasteiger partial charge in [0, 0.05) is 18.0 Å². The predicted molar refractivity (Wildman–Crippen MR) is 149 cm³/mol. The fourth-order valence-electron chi connectivity index (χ4n) is 6.25. The van der Waals surface area contributed by atoms with Crippen LogP contribution in [-0.4, -0.2) is 126 Å². The third kappa shape index (κ3) is 7.75. The third-order valence-electron chi connectivity index (χ3n) is 8.79. The number of nitrogens with one attached hydrogen (secondary N) is 3. The molecule has 14 heteroatoms. The van der Waals surface area contributed by atoms with Crippen LogP contribution >= 0.6 is 0 Å². The summed E-state index contributed by atoms with van der Waals surface area (Å²) in [5.41, 5.74) is 17.2. The van der Waals surface area contributed by atoms with Crippen LogP contribution in [0.25, 0.3) is 0 Å². The van der Waals surface area contributed by atoms with Crippen molar-refractivity contribution >= 4 is 5.91 Å². The summed E-state index contributed by atoms with van der Waals surface area (Å²) >= 11 is 0. The highest BCUT2D eigenvalue weighted by Gasteiger charge is 2.53. The van der Waals surface area contributed by atoms with E-state index in [1.807, 2.05) is 6.08 Å². The Labute approximate surface area is 241 Å². The van der Waals surface area contributed by atoms with Gasteiger partial charge in [0.15, 0.2) is 6.29 Å². The number of carbonyl (C=O) groups excluding carboxylic acids is 1. The topological polar surface area (TPSA) is 240 Å². The van der Waals surface area contributed by atoms with E-state index in [2.05, 4.69) is 16.0 Å². The summed E-state index contributed by atoms with van der Waals surface area (Å²) in [6.07, 6.45) is -1.71. The Hall–Kier alpha value is -1.43. The van der Waals surface area contributed by atoms with Gasteiger partial charge in [-0.15, -0.1) is 0 Å². The molecule has 0 radical (unpaired) electrons. The summed E-state index contributed by atoms with van der Waals surface area (Å²) in [6, 6.07) is -2.70. The van der Waals surface area contributed by atoms with Gasteiger partial charge in [-0.05, 0) is 71.2 Å². The van der Waals surface area contributed by atoms with Crippen LogP contribution in [0.3, 0.4) is 0 Å². The standard InChI is InChI=1S/C27H50N6O8/c1-27(38)12-39-26(21(36)24(27)31-2)41-23-17(33-25(37)18(34)7-8-28)9-16(30)19(20(23)35)22-15(29)6-5-14(40-22)11-32-10-13-3-4-13/h5,13,15-24,26,31-32,34-36,38H,3-4,6-12,28-30H2,1-2H3,(H,33,37)/t15-,16+,17-,18-,19?,20+,21-,22+,23+,24-,26-,27+/m1/s1. The molecule has 236 valence electrons. The Morgan fingerprint density at radius 3 is 2.63 bits per heavy atom. The molecule has 0 aromatic heterocycles. The molecule has 1 amide bonds. The molecule has 0 aromatic rings.